The van der Waals surface area contributed by atoms with Crippen LogP contribution in [0, 0.1) is 0 Å². The first-order valence-electron chi connectivity index (χ1n) is 13.0. The van der Waals surface area contributed by atoms with E-state index in [1.54, 1.807) is 37.3 Å². The maximum absolute atomic E-state index is 13.8. The fourth-order valence-electron chi connectivity index (χ4n) is 4.78. The predicted molar refractivity (Wildman–Crippen MR) is 154 cm³/mol. The highest BCUT2D eigenvalue weighted by Gasteiger charge is 2.32. The van der Waals surface area contributed by atoms with Crippen LogP contribution in [0.2, 0.25) is 10.0 Å². The first-order valence-corrected chi connectivity index (χ1v) is 15.6. The number of amides is 2. The maximum atomic E-state index is 13.8. The van der Waals surface area contributed by atoms with Gasteiger partial charge in [-0.2, -0.15) is 0 Å². The van der Waals surface area contributed by atoms with Crippen LogP contribution in [0.15, 0.2) is 42.5 Å². The van der Waals surface area contributed by atoms with Gasteiger partial charge in [-0.3, -0.25) is 13.9 Å². The molecule has 0 aromatic heterocycles. The molecule has 0 heterocycles. The van der Waals surface area contributed by atoms with Crippen LogP contribution in [-0.4, -0.2) is 50.0 Å². The molecular weight excluding hydrogens is 545 g/mol. The highest BCUT2D eigenvalue weighted by atomic mass is 35.5. The quantitative estimate of drug-likeness (QED) is 0.387. The molecule has 1 atom stereocenters. The van der Waals surface area contributed by atoms with Crippen molar-refractivity contribution in [2.45, 2.75) is 77.4 Å². The Morgan fingerprint density at radius 1 is 1.00 bits per heavy atom. The van der Waals surface area contributed by atoms with E-state index in [4.69, 9.17) is 23.2 Å². The molecule has 10 heteroatoms. The minimum atomic E-state index is -3.81. The number of benzene rings is 2. The summed E-state index contributed by atoms with van der Waals surface area (Å²) >= 11 is 12.3. The van der Waals surface area contributed by atoms with Gasteiger partial charge in [0.05, 0.1) is 22.0 Å². The lowest BCUT2D eigenvalue weighted by Gasteiger charge is -2.33. The van der Waals surface area contributed by atoms with Crippen molar-refractivity contribution in [3.8, 4) is 0 Å². The number of sulfonamides is 1. The molecule has 0 unspecified atom stereocenters. The molecule has 1 saturated carbocycles. The van der Waals surface area contributed by atoms with Gasteiger partial charge in [0.15, 0.2) is 0 Å². The molecule has 208 valence electrons. The average Bonchev–Trinajstić information content (AvgIpc) is 2.87. The number of hydrogen-bond acceptors (Lipinski definition) is 4. The molecule has 0 aliphatic heterocycles. The zero-order valence-corrected chi connectivity index (χ0v) is 24.7. The molecule has 0 radical (unpaired) electrons. The Morgan fingerprint density at radius 2 is 1.66 bits per heavy atom. The Hall–Kier alpha value is -2.29. The van der Waals surface area contributed by atoms with Gasteiger partial charge in [-0.1, -0.05) is 80.6 Å². The standard InChI is InChI=1S/C28H37Cl2N3O4S/c1-19(2)23-12-8-9-13-26(23)33(38(4,36)37)18-27(34)32(17-21-14-15-24(29)25(30)16-21)20(3)28(35)31-22-10-6-5-7-11-22/h8-9,12-16,19-20,22H,5-7,10-11,17-18H2,1-4H3,(H,31,35)/t20-/m0/s1. The van der Waals surface area contributed by atoms with Gasteiger partial charge in [0.2, 0.25) is 21.8 Å². The summed E-state index contributed by atoms with van der Waals surface area (Å²) in [7, 11) is -3.81. The number of halogens is 2. The first kappa shape index (κ1) is 30.3. The zero-order valence-electron chi connectivity index (χ0n) is 22.4. The summed E-state index contributed by atoms with van der Waals surface area (Å²) in [6, 6.07) is 11.4. The second kappa shape index (κ2) is 13.2. The van der Waals surface area contributed by atoms with Crippen LogP contribution >= 0.6 is 23.2 Å². The summed E-state index contributed by atoms with van der Waals surface area (Å²) in [5.74, 6) is -0.719. The Kier molecular flexibility index (Phi) is 10.5. The molecule has 1 fully saturated rings. The van der Waals surface area contributed by atoms with Crippen LogP contribution in [0.4, 0.5) is 5.69 Å². The molecular formula is C28H37Cl2N3O4S. The average molecular weight is 583 g/mol. The first-order chi connectivity index (χ1) is 17.9. The van der Waals surface area contributed by atoms with Crippen molar-refractivity contribution < 1.29 is 18.0 Å². The van der Waals surface area contributed by atoms with E-state index < -0.39 is 28.5 Å². The molecule has 2 aromatic rings. The van der Waals surface area contributed by atoms with Gasteiger partial charge in [0.1, 0.15) is 12.6 Å². The Balaban J connectivity index is 1.93. The van der Waals surface area contributed by atoms with Gasteiger partial charge in [0, 0.05) is 12.6 Å². The molecule has 7 nitrogen and oxygen atoms in total. The molecule has 2 amide bonds. The molecule has 38 heavy (non-hydrogen) atoms. The second-order valence-electron chi connectivity index (χ2n) is 10.3. The number of nitrogens with zero attached hydrogens (tertiary/aromatic N) is 2. The van der Waals surface area contributed by atoms with Gasteiger partial charge in [-0.05, 0) is 55.0 Å². The fourth-order valence-corrected chi connectivity index (χ4v) is 5.97. The van der Waals surface area contributed by atoms with Crippen LogP contribution < -0.4 is 9.62 Å². The SMILES string of the molecule is CC(C)c1ccccc1N(CC(=O)N(Cc1ccc(Cl)c(Cl)c1)[C@@H](C)C(=O)NC1CCCCC1)S(C)(=O)=O. The van der Waals surface area contributed by atoms with E-state index in [0.29, 0.717) is 21.3 Å². The Labute approximate surface area is 236 Å². The lowest BCUT2D eigenvalue weighted by atomic mass is 9.95. The number of para-hydroxylation sites is 1. The summed E-state index contributed by atoms with van der Waals surface area (Å²) in [5.41, 5.74) is 1.94. The predicted octanol–water partition coefficient (Wildman–Crippen LogP) is 5.75. The van der Waals surface area contributed by atoms with Crippen LogP contribution in [0.1, 0.15) is 69.9 Å². The Bertz CT molecular complexity index is 1250. The molecule has 3 rings (SSSR count). The number of anilines is 1. The van der Waals surface area contributed by atoms with Gasteiger partial charge in [-0.25, -0.2) is 8.42 Å². The number of nitrogens with one attached hydrogen (secondary N) is 1. The van der Waals surface area contributed by atoms with Crippen molar-refractivity contribution in [2.24, 2.45) is 0 Å². The lowest BCUT2D eigenvalue weighted by molar-refractivity contribution is -0.139. The van der Waals surface area contributed by atoms with E-state index in [1.165, 1.54) is 4.90 Å². The summed E-state index contributed by atoms with van der Waals surface area (Å²) in [6.45, 7) is 5.23. The third kappa shape index (κ3) is 7.87. The summed E-state index contributed by atoms with van der Waals surface area (Å²) in [4.78, 5) is 28.5. The molecule has 1 aliphatic rings. The molecule has 2 aromatic carbocycles. The fraction of sp³-hybridized carbons (Fsp3) is 0.500. The van der Waals surface area contributed by atoms with Gasteiger partial charge in [-0.15, -0.1) is 0 Å². The molecule has 0 spiro atoms. The van der Waals surface area contributed by atoms with E-state index in [2.05, 4.69) is 5.32 Å². The summed E-state index contributed by atoms with van der Waals surface area (Å²) in [6.07, 6.45) is 6.18. The smallest absolute Gasteiger partial charge is 0.244 e. The molecule has 1 N–H and O–H groups in total. The zero-order chi connectivity index (χ0) is 28.0. The van der Waals surface area contributed by atoms with E-state index in [9.17, 15) is 18.0 Å². The number of carbonyl (C=O) groups excluding carboxylic acids is 2. The maximum Gasteiger partial charge on any atom is 0.244 e. The summed E-state index contributed by atoms with van der Waals surface area (Å²) in [5, 5.41) is 3.80. The number of hydrogen-bond donors (Lipinski definition) is 1. The molecule has 0 saturated heterocycles. The van der Waals surface area contributed by atoms with E-state index >= 15 is 0 Å². The molecule has 0 bridgehead atoms. The van der Waals surface area contributed by atoms with Crippen molar-refractivity contribution in [2.75, 3.05) is 17.1 Å². The lowest BCUT2D eigenvalue weighted by Crippen LogP contribution is -2.53. The Morgan fingerprint density at radius 3 is 2.26 bits per heavy atom. The highest BCUT2D eigenvalue weighted by Crippen LogP contribution is 2.30. The van der Waals surface area contributed by atoms with E-state index in [1.807, 2.05) is 26.0 Å². The summed E-state index contributed by atoms with van der Waals surface area (Å²) < 4.78 is 27.0. The highest BCUT2D eigenvalue weighted by molar-refractivity contribution is 7.92. The number of carbonyl (C=O) groups is 2. The van der Waals surface area contributed by atoms with Crippen LogP contribution in [0.5, 0.6) is 0 Å². The van der Waals surface area contributed by atoms with Crippen molar-refractivity contribution in [1.82, 2.24) is 10.2 Å². The second-order valence-corrected chi connectivity index (χ2v) is 13.0. The monoisotopic (exact) mass is 581 g/mol. The largest absolute Gasteiger partial charge is 0.352 e. The number of rotatable bonds is 10. The van der Waals surface area contributed by atoms with Crippen LogP contribution in [0.25, 0.3) is 0 Å². The third-order valence-electron chi connectivity index (χ3n) is 6.96. The van der Waals surface area contributed by atoms with Crippen LogP contribution in [0.3, 0.4) is 0 Å². The van der Waals surface area contributed by atoms with Crippen molar-refractivity contribution >= 4 is 50.7 Å². The third-order valence-corrected chi connectivity index (χ3v) is 8.83. The van der Waals surface area contributed by atoms with E-state index in [0.717, 1.165) is 48.2 Å². The molecule has 1 aliphatic carbocycles. The van der Waals surface area contributed by atoms with Gasteiger partial charge >= 0.3 is 0 Å². The van der Waals surface area contributed by atoms with Gasteiger partial charge in [0.25, 0.3) is 0 Å². The van der Waals surface area contributed by atoms with E-state index in [-0.39, 0.29) is 24.4 Å². The van der Waals surface area contributed by atoms with Crippen LogP contribution in [-0.2, 0) is 26.2 Å². The van der Waals surface area contributed by atoms with Crippen molar-refractivity contribution in [3.05, 3.63) is 63.6 Å². The van der Waals surface area contributed by atoms with Crippen molar-refractivity contribution in [3.63, 3.8) is 0 Å². The van der Waals surface area contributed by atoms with Gasteiger partial charge < -0.3 is 10.2 Å². The minimum Gasteiger partial charge on any atom is -0.352 e. The topological polar surface area (TPSA) is 86.8 Å². The minimum absolute atomic E-state index is 0.0399. The van der Waals surface area contributed by atoms with Crippen molar-refractivity contribution in [1.29, 1.82) is 0 Å². The normalized spacial score (nSPS) is 15.2.